The van der Waals surface area contributed by atoms with Crippen molar-refractivity contribution in [2.24, 2.45) is 0 Å². The highest BCUT2D eigenvalue weighted by atomic mass is 16.2. The number of nitrogens with zero attached hydrogens (tertiary/aromatic N) is 6. The van der Waals surface area contributed by atoms with Gasteiger partial charge in [-0.2, -0.15) is 5.10 Å². The molecule has 0 spiro atoms. The van der Waals surface area contributed by atoms with Crippen molar-refractivity contribution in [3.63, 3.8) is 0 Å². The fraction of sp³-hybridized carbons (Fsp3) is 0.200. The fourth-order valence-corrected chi connectivity index (χ4v) is 3.69. The Balaban J connectivity index is 1.45. The number of likely N-dealkylation sites (tertiary alicyclic amines) is 1. The smallest absolute Gasteiger partial charge is 0.257 e. The molecule has 1 saturated heterocycles. The van der Waals surface area contributed by atoms with Gasteiger partial charge in [-0.15, -0.1) is 10.2 Å². The van der Waals surface area contributed by atoms with Gasteiger partial charge in [-0.3, -0.25) is 9.20 Å². The molecule has 0 aliphatic carbocycles. The van der Waals surface area contributed by atoms with Gasteiger partial charge in [0, 0.05) is 18.9 Å². The van der Waals surface area contributed by atoms with Crippen molar-refractivity contribution in [3.8, 4) is 5.69 Å². The second-order valence-electron chi connectivity index (χ2n) is 6.65. The Hall–Kier alpha value is -3.48. The second-order valence-corrected chi connectivity index (χ2v) is 6.65. The third-order valence-electron chi connectivity index (χ3n) is 5.00. The first kappa shape index (κ1) is 15.7. The summed E-state index contributed by atoms with van der Waals surface area (Å²) in [6, 6.07) is 15.5. The maximum Gasteiger partial charge on any atom is 0.257 e. The van der Waals surface area contributed by atoms with Crippen LogP contribution in [0.4, 0.5) is 0 Å². The first-order chi connectivity index (χ1) is 13.3. The van der Waals surface area contributed by atoms with Crippen LogP contribution in [0.25, 0.3) is 11.3 Å². The number of benzene rings is 1. The largest absolute Gasteiger partial charge is 0.328 e. The van der Waals surface area contributed by atoms with Crippen molar-refractivity contribution in [3.05, 3.63) is 78.5 Å². The molecule has 4 aromatic rings. The monoisotopic (exact) mass is 358 g/mol. The molecule has 0 saturated carbocycles. The highest BCUT2D eigenvalue weighted by molar-refractivity contribution is 5.94. The first-order valence-corrected chi connectivity index (χ1v) is 9.02. The maximum atomic E-state index is 13.1. The van der Waals surface area contributed by atoms with Crippen LogP contribution >= 0.6 is 0 Å². The van der Waals surface area contributed by atoms with Gasteiger partial charge in [0.25, 0.3) is 5.91 Å². The van der Waals surface area contributed by atoms with Crippen molar-refractivity contribution < 1.29 is 4.79 Å². The molecule has 5 rings (SSSR count). The summed E-state index contributed by atoms with van der Waals surface area (Å²) in [5, 5.41) is 12.9. The molecule has 7 heteroatoms. The van der Waals surface area contributed by atoms with E-state index in [1.807, 2.05) is 64.0 Å². The third-order valence-corrected chi connectivity index (χ3v) is 5.00. The van der Waals surface area contributed by atoms with E-state index in [9.17, 15) is 4.79 Å². The minimum atomic E-state index is -0.0741. The van der Waals surface area contributed by atoms with Crippen molar-refractivity contribution in [1.82, 2.24) is 29.3 Å². The Morgan fingerprint density at radius 1 is 1.04 bits per heavy atom. The zero-order chi connectivity index (χ0) is 18.2. The lowest BCUT2D eigenvalue weighted by atomic mass is 10.2. The maximum absolute atomic E-state index is 13.1. The predicted octanol–water partition coefficient (Wildman–Crippen LogP) is 2.89. The number of hydrogen-bond donors (Lipinski definition) is 0. The topological polar surface area (TPSA) is 68.3 Å². The van der Waals surface area contributed by atoms with Gasteiger partial charge in [-0.05, 0) is 37.1 Å². The molecule has 0 unspecified atom stereocenters. The number of fused-ring (bicyclic) bond motifs is 1. The fourth-order valence-electron chi connectivity index (χ4n) is 3.69. The quantitative estimate of drug-likeness (QED) is 0.565. The summed E-state index contributed by atoms with van der Waals surface area (Å²) in [6.07, 6.45) is 7.19. The summed E-state index contributed by atoms with van der Waals surface area (Å²) >= 11 is 0. The Kier molecular flexibility index (Phi) is 3.71. The van der Waals surface area contributed by atoms with Crippen LogP contribution in [0.5, 0.6) is 0 Å². The van der Waals surface area contributed by atoms with E-state index < -0.39 is 0 Å². The molecule has 0 radical (unpaired) electrons. The van der Waals surface area contributed by atoms with Gasteiger partial charge in [-0.1, -0.05) is 24.3 Å². The number of hydrogen-bond acceptors (Lipinski definition) is 4. The molecule has 1 aliphatic rings. The third kappa shape index (κ3) is 2.68. The Morgan fingerprint density at radius 2 is 1.89 bits per heavy atom. The minimum Gasteiger partial charge on any atom is -0.328 e. The van der Waals surface area contributed by atoms with Crippen LogP contribution in [-0.2, 0) is 0 Å². The number of amides is 1. The zero-order valence-electron chi connectivity index (χ0n) is 14.6. The number of carbonyl (C=O) groups is 1. The first-order valence-electron chi connectivity index (χ1n) is 9.02. The summed E-state index contributed by atoms with van der Waals surface area (Å²) in [5.74, 6) is 0.791. The van der Waals surface area contributed by atoms with Crippen molar-refractivity contribution >= 4 is 11.6 Å². The van der Waals surface area contributed by atoms with Crippen molar-refractivity contribution in [2.75, 3.05) is 6.54 Å². The van der Waals surface area contributed by atoms with Crippen LogP contribution in [0, 0.1) is 0 Å². The van der Waals surface area contributed by atoms with E-state index in [0.717, 1.165) is 30.0 Å². The molecular formula is C20H18N6O. The highest BCUT2D eigenvalue weighted by Crippen LogP contribution is 2.32. The minimum absolute atomic E-state index is 0.0210. The molecule has 1 fully saturated rings. The standard InChI is InChI=1S/C20H18N6O/c27-20(15-13-21-26(14-15)16-7-2-1-3-8-16)24-12-6-9-17(24)19-23-22-18-10-4-5-11-25(18)19/h1-5,7-8,10-11,13-14,17H,6,9,12H2/t17-/m0/s1. The lowest BCUT2D eigenvalue weighted by molar-refractivity contribution is 0.0729. The number of aromatic nitrogens is 5. The van der Waals surface area contributed by atoms with E-state index in [1.54, 1.807) is 17.1 Å². The zero-order valence-corrected chi connectivity index (χ0v) is 14.6. The average Bonchev–Trinajstić information content (AvgIpc) is 3.46. The molecule has 1 atom stereocenters. The van der Waals surface area contributed by atoms with Gasteiger partial charge in [-0.25, -0.2) is 4.68 Å². The SMILES string of the molecule is O=C(c1cnn(-c2ccccc2)c1)N1CCC[C@H]1c1nnc2ccccn12. The molecule has 134 valence electrons. The number of pyridine rings is 1. The molecule has 1 amide bonds. The lowest BCUT2D eigenvalue weighted by Crippen LogP contribution is -2.31. The molecule has 1 aliphatic heterocycles. The van der Waals surface area contributed by atoms with Gasteiger partial charge in [0.05, 0.1) is 23.5 Å². The second kappa shape index (κ2) is 6.35. The predicted molar refractivity (Wildman–Crippen MR) is 99.6 cm³/mol. The summed E-state index contributed by atoms with van der Waals surface area (Å²) in [5.41, 5.74) is 2.31. The van der Waals surface area contributed by atoms with E-state index in [4.69, 9.17) is 0 Å². The van der Waals surface area contributed by atoms with Crippen molar-refractivity contribution in [1.29, 1.82) is 0 Å². The summed E-state index contributed by atoms with van der Waals surface area (Å²) < 4.78 is 3.69. The number of rotatable bonds is 3. The molecule has 27 heavy (non-hydrogen) atoms. The summed E-state index contributed by atoms with van der Waals surface area (Å²) in [6.45, 7) is 0.710. The highest BCUT2D eigenvalue weighted by Gasteiger charge is 2.34. The molecule has 0 N–H and O–H groups in total. The van der Waals surface area contributed by atoms with Gasteiger partial charge in [0.2, 0.25) is 0 Å². The normalized spacial score (nSPS) is 16.9. The van der Waals surface area contributed by atoms with E-state index in [1.165, 1.54) is 0 Å². The molecule has 3 aromatic heterocycles. The Bertz CT molecular complexity index is 1100. The average molecular weight is 358 g/mol. The summed E-state index contributed by atoms with van der Waals surface area (Å²) in [7, 11) is 0. The molecule has 0 bridgehead atoms. The van der Waals surface area contributed by atoms with Crippen LogP contribution < -0.4 is 0 Å². The Morgan fingerprint density at radius 3 is 2.78 bits per heavy atom. The van der Waals surface area contributed by atoms with Gasteiger partial charge in [0.1, 0.15) is 0 Å². The molecule has 7 nitrogen and oxygen atoms in total. The van der Waals surface area contributed by atoms with Crippen LogP contribution in [-0.4, -0.2) is 41.7 Å². The van der Waals surface area contributed by atoms with Gasteiger partial charge >= 0.3 is 0 Å². The molecule has 1 aromatic carbocycles. The van der Waals surface area contributed by atoms with E-state index in [-0.39, 0.29) is 11.9 Å². The van der Waals surface area contributed by atoms with E-state index in [0.29, 0.717) is 12.1 Å². The van der Waals surface area contributed by atoms with Crippen LogP contribution in [0.15, 0.2) is 67.1 Å². The summed E-state index contributed by atoms with van der Waals surface area (Å²) in [4.78, 5) is 15.0. The Labute approximate surface area is 155 Å². The van der Waals surface area contributed by atoms with E-state index >= 15 is 0 Å². The molecular weight excluding hydrogens is 340 g/mol. The van der Waals surface area contributed by atoms with Crippen LogP contribution in [0.2, 0.25) is 0 Å². The van der Waals surface area contributed by atoms with Gasteiger partial charge < -0.3 is 4.90 Å². The van der Waals surface area contributed by atoms with E-state index in [2.05, 4.69) is 15.3 Å². The number of carbonyl (C=O) groups excluding carboxylic acids is 1. The van der Waals surface area contributed by atoms with Gasteiger partial charge in [0.15, 0.2) is 11.5 Å². The lowest BCUT2D eigenvalue weighted by Gasteiger charge is -2.22. The van der Waals surface area contributed by atoms with Crippen LogP contribution in [0.1, 0.15) is 35.1 Å². The molecule has 4 heterocycles. The van der Waals surface area contributed by atoms with Crippen LogP contribution in [0.3, 0.4) is 0 Å². The number of para-hydroxylation sites is 1. The van der Waals surface area contributed by atoms with Crippen molar-refractivity contribution in [2.45, 2.75) is 18.9 Å².